The molecule has 1 atom stereocenters. The zero-order valence-corrected chi connectivity index (χ0v) is 18.0. The number of benzene rings is 2. The number of carbonyl (C=O) groups excluding carboxylic acids is 2. The molecule has 180 valence electrons. The topological polar surface area (TPSA) is 105 Å². The number of halogens is 3. The maximum absolute atomic E-state index is 13.0. The molecule has 10 heteroatoms. The number of alkyl carbamates (subject to hydrolysis) is 1. The Bertz CT molecular complexity index is 1070. The lowest BCUT2D eigenvalue weighted by molar-refractivity contribution is -0.150. The molecule has 2 aromatic carbocycles. The number of ether oxygens (including phenoxy) is 1. The molecule has 3 N–H and O–H groups in total. The first-order valence-corrected chi connectivity index (χ1v) is 10.8. The van der Waals surface area contributed by atoms with E-state index in [0.717, 1.165) is 22.3 Å². The summed E-state index contributed by atoms with van der Waals surface area (Å²) in [5.74, 6) is -2.53. The second-order valence-corrected chi connectivity index (χ2v) is 8.65. The maximum atomic E-state index is 13.0. The summed E-state index contributed by atoms with van der Waals surface area (Å²) in [6.07, 6.45) is -6.85. The number of carboxylic acids is 1. The second kappa shape index (κ2) is 9.00. The summed E-state index contributed by atoms with van der Waals surface area (Å²) in [5, 5.41) is 13.4. The van der Waals surface area contributed by atoms with Crippen molar-refractivity contribution in [3.05, 3.63) is 59.7 Å². The van der Waals surface area contributed by atoms with Gasteiger partial charge >= 0.3 is 18.2 Å². The summed E-state index contributed by atoms with van der Waals surface area (Å²) in [6.45, 7) is -0.426. The van der Waals surface area contributed by atoms with Crippen molar-refractivity contribution in [2.24, 2.45) is 5.41 Å². The Morgan fingerprint density at radius 2 is 1.59 bits per heavy atom. The van der Waals surface area contributed by atoms with Crippen LogP contribution in [0.15, 0.2) is 48.5 Å². The van der Waals surface area contributed by atoms with Crippen LogP contribution in [0.1, 0.15) is 36.3 Å². The number of alkyl halides is 3. The summed E-state index contributed by atoms with van der Waals surface area (Å²) in [6, 6.07) is 13.2. The molecule has 0 aliphatic heterocycles. The Balaban J connectivity index is 1.40. The second-order valence-electron chi connectivity index (χ2n) is 8.65. The van der Waals surface area contributed by atoms with Crippen LogP contribution in [-0.4, -0.2) is 48.4 Å². The molecule has 1 fully saturated rings. The van der Waals surface area contributed by atoms with Gasteiger partial charge in [0.25, 0.3) is 0 Å². The predicted octanol–water partition coefficient (Wildman–Crippen LogP) is 3.83. The van der Waals surface area contributed by atoms with Gasteiger partial charge in [-0.05, 0) is 35.1 Å². The molecule has 0 bridgehead atoms. The van der Waals surface area contributed by atoms with Gasteiger partial charge in [0.1, 0.15) is 12.6 Å². The Morgan fingerprint density at radius 3 is 2.09 bits per heavy atom. The molecule has 0 heterocycles. The number of rotatable bonds is 8. The van der Waals surface area contributed by atoms with Gasteiger partial charge in [-0.25, -0.2) is 4.79 Å². The third-order valence-electron chi connectivity index (χ3n) is 6.30. The Kier molecular flexibility index (Phi) is 6.24. The Morgan fingerprint density at radius 1 is 1.03 bits per heavy atom. The van der Waals surface area contributed by atoms with Crippen molar-refractivity contribution in [2.45, 2.75) is 37.4 Å². The molecule has 1 unspecified atom stereocenters. The van der Waals surface area contributed by atoms with E-state index < -0.39 is 42.0 Å². The van der Waals surface area contributed by atoms with Crippen molar-refractivity contribution in [1.82, 2.24) is 10.6 Å². The molecule has 2 aliphatic carbocycles. The number of nitrogens with one attached hydrogen (secondary N) is 2. The smallest absolute Gasteiger partial charge is 0.407 e. The van der Waals surface area contributed by atoms with E-state index in [1.165, 1.54) is 0 Å². The third-order valence-corrected chi connectivity index (χ3v) is 6.30. The summed E-state index contributed by atoms with van der Waals surface area (Å²) in [5.41, 5.74) is 2.71. The quantitative estimate of drug-likeness (QED) is 0.537. The average Bonchev–Trinajstić information content (AvgIpc) is 3.52. The number of hydrogen-bond acceptors (Lipinski definition) is 4. The van der Waals surface area contributed by atoms with Crippen molar-refractivity contribution < 1.29 is 37.4 Å². The molecule has 34 heavy (non-hydrogen) atoms. The first-order valence-electron chi connectivity index (χ1n) is 10.8. The van der Waals surface area contributed by atoms with Gasteiger partial charge in [0.05, 0.1) is 11.8 Å². The highest BCUT2D eigenvalue weighted by atomic mass is 19.4. The highest BCUT2D eigenvalue weighted by Crippen LogP contribution is 2.45. The monoisotopic (exact) mass is 476 g/mol. The van der Waals surface area contributed by atoms with Gasteiger partial charge in [0.15, 0.2) is 0 Å². The van der Waals surface area contributed by atoms with Gasteiger partial charge in [-0.1, -0.05) is 48.5 Å². The average molecular weight is 476 g/mol. The van der Waals surface area contributed by atoms with E-state index >= 15 is 0 Å². The fraction of sp³-hybridized carbons (Fsp3) is 0.375. The number of amides is 2. The van der Waals surface area contributed by atoms with Crippen LogP contribution in [0, 0.1) is 5.41 Å². The van der Waals surface area contributed by atoms with Crippen LogP contribution >= 0.6 is 0 Å². The maximum Gasteiger partial charge on any atom is 0.407 e. The number of carboxylic acid groups (broad SMARTS) is 1. The van der Waals surface area contributed by atoms with Crippen molar-refractivity contribution >= 4 is 18.0 Å². The van der Waals surface area contributed by atoms with Crippen molar-refractivity contribution in [3.63, 3.8) is 0 Å². The Hall–Kier alpha value is -3.56. The van der Waals surface area contributed by atoms with Gasteiger partial charge in [0, 0.05) is 12.5 Å². The summed E-state index contributed by atoms with van der Waals surface area (Å²) in [4.78, 5) is 36.0. The molecular weight excluding hydrogens is 453 g/mol. The van der Waals surface area contributed by atoms with Crippen molar-refractivity contribution in [2.75, 3.05) is 13.2 Å². The van der Waals surface area contributed by atoms with Crippen LogP contribution in [0.3, 0.4) is 0 Å². The zero-order chi connectivity index (χ0) is 24.5. The third kappa shape index (κ3) is 5.00. The van der Waals surface area contributed by atoms with Crippen LogP contribution in [-0.2, 0) is 14.3 Å². The van der Waals surface area contributed by atoms with E-state index in [1.54, 1.807) is 0 Å². The number of hydrogen-bond donors (Lipinski definition) is 3. The molecule has 0 spiro atoms. The van der Waals surface area contributed by atoms with E-state index in [-0.39, 0.29) is 19.1 Å². The van der Waals surface area contributed by atoms with Crippen LogP contribution < -0.4 is 10.6 Å². The largest absolute Gasteiger partial charge is 0.481 e. The first-order chi connectivity index (χ1) is 16.1. The van der Waals surface area contributed by atoms with E-state index in [0.29, 0.717) is 12.8 Å². The molecule has 0 radical (unpaired) electrons. The number of carbonyl (C=O) groups is 3. The van der Waals surface area contributed by atoms with Crippen LogP contribution in [0.4, 0.5) is 18.0 Å². The predicted molar refractivity (Wildman–Crippen MR) is 115 cm³/mol. The van der Waals surface area contributed by atoms with E-state index in [1.807, 2.05) is 53.8 Å². The summed E-state index contributed by atoms with van der Waals surface area (Å²) >= 11 is 0. The number of aliphatic carboxylic acids is 1. The number of fused-ring (bicyclic) bond motifs is 3. The lowest BCUT2D eigenvalue weighted by Crippen LogP contribution is -2.50. The van der Waals surface area contributed by atoms with Crippen LogP contribution in [0.25, 0.3) is 11.1 Å². The molecule has 2 amide bonds. The van der Waals surface area contributed by atoms with E-state index in [4.69, 9.17) is 4.74 Å². The fourth-order valence-corrected chi connectivity index (χ4v) is 4.22. The van der Waals surface area contributed by atoms with E-state index in [2.05, 4.69) is 5.32 Å². The van der Waals surface area contributed by atoms with Gasteiger partial charge in [-0.2, -0.15) is 13.2 Å². The van der Waals surface area contributed by atoms with E-state index in [9.17, 15) is 32.7 Å². The molecule has 0 aromatic heterocycles. The first kappa shape index (κ1) is 23.6. The molecule has 2 aliphatic rings. The zero-order valence-electron chi connectivity index (χ0n) is 18.0. The molecule has 7 nitrogen and oxygen atoms in total. The van der Waals surface area contributed by atoms with Gasteiger partial charge in [0.2, 0.25) is 5.91 Å². The minimum Gasteiger partial charge on any atom is -0.481 e. The summed E-state index contributed by atoms with van der Waals surface area (Å²) in [7, 11) is 0. The van der Waals surface area contributed by atoms with Gasteiger partial charge < -0.3 is 20.5 Å². The van der Waals surface area contributed by atoms with Crippen LogP contribution in [0.5, 0.6) is 0 Å². The lowest BCUT2D eigenvalue weighted by Gasteiger charge is -2.21. The minimum absolute atomic E-state index is 0.123. The molecule has 4 rings (SSSR count). The normalized spacial score (nSPS) is 16.7. The highest BCUT2D eigenvalue weighted by molar-refractivity contribution is 5.87. The molecule has 0 saturated heterocycles. The van der Waals surface area contributed by atoms with Gasteiger partial charge in [-0.3, -0.25) is 9.59 Å². The Labute approximate surface area is 193 Å². The lowest BCUT2D eigenvalue weighted by atomic mass is 9.98. The molecule has 2 aromatic rings. The highest BCUT2D eigenvalue weighted by Gasteiger charge is 2.50. The van der Waals surface area contributed by atoms with Crippen molar-refractivity contribution in [3.8, 4) is 11.1 Å². The summed E-state index contributed by atoms with van der Waals surface area (Å²) < 4.78 is 44.3. The minimum atomic E-state index is -4.73. The standard InChI is InChI=1S/C24H23F3N2O5/c25-24(26,27)11-19(20(30)28-13-23(9-10-23)21(31)32)29-22(33)34-12-18-16-7-3-1-5-14(16)15-6-2-4-8-17(15)18/h1-8,18-19H,9-13H2,(H,28,30)(H,29,33)(H,31,32). The molecular formula is C24H23F3N2O5. The van der Waals surface area contributed by atoms with Gasteiger partial charge in [-0.15, -0.1) is 0 Å². The van der Waals surface area contributed by atoms with Crippen LogP contribution in [0.2, 0.25) is 0 Å². The van der Waals surface area contributed by atoms with Crippen molar-refractivity contribution in [1.29, 1.82) is 0 Å². The SMILES string of the molecule is O=C(NC(CC(F)(F)F)C(=O)NCC1(C(=O)O)CC1)OCC1c2ccccc2-c2ccccc21. The molecule has 1 saturated carbocycles. The fourth-order valence-electron chi connectivity index (χ4n) is 4.22.